The first-order valence-corrected chi connectivity index (χ1v) is 7.20. The number of thiazole rings is 1. The predicted octanol–water partition coefficient (Wildman–Crippen LogP) is 1.75. The summed E-state index contributed by atoms with van der Waals surface area (Å²) in [6.45, 7) is -1.11. The normalized spacial score (nSPS) is 10.0. The Kier molecular flexibility index (Phi) is 5.73. The van der Waals surface area contributed by atoms with Crippen LogP contribution in [0, 0.1) is 15.9 Å². The van der Waals surface area contributed by atoms with Crippen molar-refractivity contribution in [1.82, 2.24) is 4.98 Å². The number of rotatable bonds is 7. The molecule has 0 aliphatic rings. The van der Waals surface area contributed by atoms with E-state index in [2.05, 4.69) is 15.0 Å². The maximum atomic E-state index is 12.9. The van der Waals surface area contributed by atoms with E-state index in [4.69, 9.17) is 4.74 Å². The number of nitrogens with one attached hydrogen (secondary N) is 1. The van der Waals surface area contributed by atoms with E-state index in [1.807, 2.05) is 0 Å². The van der Waals surface area contributed by atoms with Crippen molar-refractivity contribution in [2.75, 3.05) is 18.5 Å². The Morgan fingerprint density at radius 3 is 2.83 bits per heavy atom. The van der Waals surface area contributed by atoms with Crippen LogP contribution in [-0.2, 0) is 14.3 Å². The Morgan fingerprint density at radius 1 is 1.38 bits per heavy atom. The number of nitrogens with zero attached hydrogens (tertiary/aromatic N) is 2. The Hall–Kier alpha value is -3.08. The second kappa shape index (κ2) is 7.97. The molecule has 0 spiro atoms. The monoisotopic (exact) mass is 355 g/mol. The summed E-state index contributed by atoms with van der Waals surface area (Å²) < 4.78 is 22.6. The molecule has 2 aromatic rings. The topological polar surface area (TPSA) is 121 Å². The van der Waals surface area contributed by atoms with Crippen LogP contribution in [0.15, 0.2) is 30.5 Å². The highest BCUT2D eigenvalue weighted by molar-refractivity contribution is 7.18. The van der Waals surface area contributed by atoms with Crippen LogP contribution < -0.4 is 10.1 Å². The molecule has 0 radical (unpaired) electrons. The van der Waals surface area contributed by atoms with Gasteiger partial charge in [0, 0.05) is 6.07 Å². The first-order valence-electron chi connectivity index (χ1n) is 6.38. The molecule has 0 bridgehead atoms. The number of halogens is 1. The summed E-state index contributed by atoms with van der Waals surface area (Å²) in [6.07, 6.45) is 0.999. The van der Waals surface area contributed by atoms with Crippen molar-refractivity contribution in [2.24, 2.45) is 0 Å². The minimum atomic E-state index is -0.834. The number of carbonyl (C=O) groups excluding carboxylic acids is 2. The zero-order valence-corrected chi connectivity index (χ0v) is 12.7. The third-order valence-corrected chi connectivity index (χ3v) is 3.30. The molecular weight excluding hydrogens is 345 g/mol. The quantitative estimate of drug-likeness (QED) is 0.456. The fourth-order valence-electron chi connectivity index (χ4n) is 1.45. The average Bonchev–Trinajstić information content (AvgIpc) is 3.00. The first kappa shape index (κ1) is 17.3. The lowest BCUT2D eigenvalue weighted by molar-refractivity contribution is -0.380. The summed E-state index contributed by atoms with van der Waals surface area (Å²) >= 11 is 0.670. The highest BCUT2D eigenvalue weighted by Crippen LogP contribution is 2.24. The number of aromatic nitrogens is 1. The number of anilines is 1. The standard InChI is InChI=1S/C13H10FN3O6S/c14-8-2-1-3-9(4-8)22-7-12(19)23-6-10(18)16-13-15-5-11(24-13)17(20)21/h1-5H,6-7H2,(H,15,16,18). The zero-order valence-electron chi connectivity index (χ0n) is 11.9. The van der Waals surface area contributed by atoms with Gasteiger partial charge in [0.25, 0.3) is 5.91 Å². The SMILES string of the molecule is O=C(COC(=O)COc1cccc(F)c1)Nc1ncc([N+](=O)[O-])s1. The molecule has 9 nitrogen and oxygen atoms in total. The lowest BCUT2D eigenvalue weighted by Gasteiger charge is -2.06. The van der Waals surface area contributed by atoms with Crippen LogP contribution in [-0.4, -0.2) is 35.0 Å². The Balaban J connectivity index is 1.72. The molecule has 11 heteroatoms. The summed E-state index contributed by atoms with van der Waals surface area (Å²) in [4.78, 5) is 36.4. The highest BCUT2D eigenvalue weighted by Gasteiger charge is 2.14. The summed E-state index contributed by atoms with van der Waals surface area (Å²) in [5, 5.41) is 12.5. The van der Waals surface area contributed by atoms with Gasteiger partial charge in [0.1, 0.15) is 17.8 Å². The van der Waals surface area contributed by atoms with Gasteiger partial charge in [0.2, 0.25) is 0 Å². The molecule has 126 valence electrons. The number of ether oxygens (including phenoxy) is 2. The summed E-state index contributed by atoms with van der Waals surface area (Å²) in [7, 11) is 0. The van der Waals surface area contributed by atoms with Crippen LogP contribution in [0.25, 0.3) is 0 Å². The van der Waals surface area contributed by atoms with Crippen molar-refractivity contribution >= 4 is 33.3 Å². The number of benzene rings is 1. The van der Waals surface area contributed by atoms with Crippen molar-refractivity contribution in [3.63, 3.8) is 0 Å². The number of esters is 1. The van der Waals surface area contributed by atoms with Crippen LogP contribution in [0.5, 0.6) is 5.75 Å². The molecule has 1 heterocycles. The molecule has 1 aromatic carbocycles. The average molecular weight is 355 g/mol. The van der Waals surface area contributed by atoms with E-state index in [1.165, 1.54) is 18.2 Å². The fraction of sp³-hybridized carbons (Fsp3) is 0.154. The number of hydrogen-bond acceptors (Lipinski definition) is 8. The summed E-state index contributed by atoms with van der Waals surface area (Å²) in [5.74, 6) is -1.91. The van der Waals surface area contributed by atoms with Gasteiger partial charge in [0.15, 0.2) is 18.3 Å². The second-order valence-corrected chi connectivity index (χ2v) is 5.22. The van der Waals surface area contributed by atoms with E-state index in [0.29, 0.717) is 11.3 Å². The van der Waals surface area contributed by atoms with E-state index in [9.17, 15) is 24.1 Å². The van der Waals surface area contributed by atoms with Crippen molar-refractivity contribution in [2.45, 2.75) is 0 Å². The Morgan fingerprint density at radius 2 is 2.17 bits per heavy atom. The number of carbonyl (C=O) groups is 2. The summed E-state index contributed by atoms with van der Waals surface area (Å²) in [5.41, 5.74) is 0. The third kappa shape index (κ3) is 5.28. The van der Waals surface area contributed by atoms with E-state index in [1.54, 1.807) is 0 Å². The van der Waals surface area contributed by atoms with Crippen LogP contribution >= 0.6 is 11.3 Å². The molecule has 0 aliphatic carbocycles. The number of amides is 1. The molecule has 1 aromatic heterocycles. The van der Waals surface area contributed by atoms with E-state index in [-0.39, 0.29) is 15.9 Å². The van der Waals surface area contributed by atoms with Crippen molar-refractivity contribution in [1.29, 1.82) is 0 Å². The number of hydrogen-bond donors (Lipinski definition) is 1. The number of nitro groups is 1. The van der Waals surface area contributed by atoms with Gasteiger partial charge in [-0.1, -0.05) is 6.07 Å². The largest absolute Gasteiger partial charge is 0.482 e. The molecular formula is C13H10FN3O6S. The minimum Gasteiger partial charge on any atom is -0.482 e. The van der Waals surface area contributed by atoms with Crippen LogP contribution in [0.3, 0.4) is 0 Å². The maximum absolute atomic E-state index is 12.9. The van der Waals surface area contributed by atoms with Gasteiger partial charge in [-0.15, -0.1) is 0 Å². The van der Waals surface area contributed by atoms with Crippen molar-refractivity contribution < 1.29 is 28.4 Å². The molecule has 0 atom stereocenters. The zero-order chi connectivity index (χ0) is 17.5. The molecule has 0 saturated heterocycles. The Bertz CT molecular complexity index is 766. The molecule has 2 rings (SSSR count). The van der Waals surface area contributed by atoms with Gasteiger partial charge in [-0.2, -0.15) is 0 Å². The lowest BCUT2D eigenvalue weighted by atomic mass is 10.3. The fourth-order valence-corrected chi connectivity index (χ4v) is 2.10. The molecule has 0 aliphatic heterocycles. The minimum absolute atomic E-state index is 0.0127. The highest BCUT2D eigenvalue weighted by atomic mass is 32.1. The van der Waals surface area contributed by atoms with Crippen LogP contribution in [0.1, 0.15) is 0 Å². The first-order chi connectivity index (χ1) is 11.4. The van der Waals surface area contributed by atoms with Gasteiger partial charge in [0.05, 0.1) is 4.92 Å². The molecule has 1 amide bonds. The van der Waals surface area contributed by atoms with Gasteiger partial charge >= 0.3 is 11.0 Å². The predicted molar refractivity (Wildman–Crippen MR) is 80.3 cm³/mol. The molecule has 0 saturated carbocycles. The third-order valence-electron chi connectivity index (χ3n) is 2.44. The van der Waals surface area contributed by atoms with E-state index < -0.39 is 35.8 Å². The van der Waals surface area contributed by atoms with Gasteiger partial charge < -0.3 is 9.47 Å². The van der Waals surface area contributed by atoms with E-state index in [0.717, 1.165) is 12.3 Å². The Labute approximate surface area is 138 Å². The second-order valence-electron chi connectivity index (χ2n) is 4.22. The molecule has 0 fully saturated rings. The van der Waals surface area contributed by atoms with Crippen molar-refractivity contribution in [3.8, 4) is 5.75 Å². The maximum Gasteiger partial charge on any atom is 0.345 e. The van der Waals surface area contributed by atoms with Gasteiger partial charge in [-0.3, -0.25) is 20.2 Å². The molecule has 24 heavy (non-hydrogen) atoms. The smallest absolute Gasteiger partial charge is 0.345 e. The van der Waals surface area contributed by atoms with E-state index >= 15 is 0 Å². The molecule has 0 unspecified atom stereocenters. The lowest BCUT2D eigenvalue weighted by Crippen LogP contribution is -2.23. The van der Waals surface area contributed by atoms with Crippen molar-refractivity contribution in [3.05, 3.63) is 46.4 Å². The van der Waals surface area contributed by atoms with Gasteiger partial charge in [-0.25, -0.2) is 14.2 Å². The molecule has 1 N–H and O–H groups in total. The van der Waals surface area contributed by atoms with Gasteiger partial charge in [-0.05, 0) is 23.5 Å². The van der Waals surface area contributed by atoms with Crippen LogP contribution in [0.4, 0.5) is 14.5 Å². The summed E-state index contributed by atoms with van der Waals surface area (Å²) in [6, 6.07) is 5.18. The van der Waals surface area contributed by atoms with Crippen LogP contribution in [0.2, 0.25) is 0 Å².